The molecular weight excluding hydrogens is 162 g/mol. The Morgan fingerprint density at radius 1 is 1.23 bits per heavy atom. The van der Waals surface area contributed by atoms with Crippen molar-refractivity contribution in [2.24, 2.45) is 0 Å². The van der Waals surface area contributed by atoms with Gasteiger partial charge in [-0.3, -0.25) is 4.79 Å². The van der Waals surface area contributed by atoms with E-state index < -0.39 is 0 Å². The monoisotopic (exact) mass is 175 g/mol. The van der Waals surface area contributed by atoms with Crippen molar-refractivity contribution < 1.29 is 4.79 Å². The molecule has 0 aromatic heterocycles. The van der Waals surface area contributed by atoms with Crippen molar-refractivity contribution in [1.29, 1.82) is 5.41 Å². The first-order chi connectivity index (χ1) is 6.13. The molecule has 2 nitrogen and oxygen atoms in total. The predicted molar refractivity (Wildman–Crippen MR) is 53.3 cm³/mol. The second-order valence-corrected chi connectivity index (χ2v) is 3.14. The van der Waals surface area contributed by atoms with Crippen molar-refractivity contribution in [3.63, 3.8) is 0 Å². The standard InChI is InChI=1S/C11H13NO/c1-8(12)11(9(2)13)10-6-4-3-5-7-10/h3-7,11-12H,1-2H3/t11-/m0/s1. The van der Waals surface area contributed by atoms with Crippen LogP contribution < -0.4 is 0 Å². The van der Waals surface area contributed by atoms with Crippen molar-refractivity contribution in [2.75, 3.05) is 0 Å². The highest BCUT2D eigenvalue weighted by Gasteiger charge is 2.17. The first kappa shape index (κ1) is 9.65. The van der Waals surface area contributed by atoms with Gasteiger partial charge >= 0.3 is 0 Å². The second kappa shape index (κ2) is 3.99. The van der Waals surface area contributed by atoms with Crippen molar-refractivity contribution in [3.05, 3.63) is 35.9 Å². The largest absolute Gasteiger partial charge is 0.309 e. The van der Waals surface area contributed by atoms with Gasteiger partial charge in [0.2, 0.25) is 0 Å². The van der Waals surface area contributed by atoms with E-state index >= 15 is 0 Å². The Morgan fingerprint density at radius 2 is 1.77 bits per heavy atom. The van der Waals surface area contributed by atoms with Gasteiger partial charge in [0, 0.05) is 5.71 Å². The zero-order chi connectivity index (χ0) is 9.84. The second-order valence-electron chi connectivity index (χ2n) is 3.14. The lowest BCUT2D eigenvalue weighted by Crippen LogP contribution is -2.16. The summed E-state index contributed by atoms with van der Waals surface area (Å²) in [5, 5.41) is 7.50. The van der Waals surface area contributed by atoms with E-state index in [0.29, 0.717) is 5.71 Å². The quantitative estimate of drug-likeness (QED) is 0.704. The van der Waals surface area contributed by atoms with Gasteiger partial charge in [-0.05, 0) is 19.4 Å². The van der Waals surface area contributed by atoms with Gasteiger partial charge < -0.3 is 5.41 Å². The van der Waals surface area contributed by atoms with Crippen LogP contribution in [0.1, 0.15) is 25.3 Å². The fraction of sp³-hybridized carbons (Fsp3) is 0.273. The molecule has 0 saturated carbocycles. The molecular formula is C11H13NO. The summed E-state index contributed by atoms with van der Waals surface area (Å²) in [5.41, 5.74) is 1.31. The van der Waals surface area contributed by atoms with Crippen molar-refractivity contribution in [1.82, 2.24) is 0 Å². The number of carbonyl (C=O) groups is 1. The van der Waals surface area contributed by atoms with Gasteiger partial charge in [-0.15, -0.1) is 0 Å². The summed E-state index contributed by atoms with van der Waals surface area (Å²) in [7, 11) is 0. The molecule has 1 rings (SSSR count). The van der Waals surface area contributed by atoms with Gasteiger partial charge in [0.25, 0.3) is 0 Å². The Balaban J connectivity index is 3.03. The number of rotatable bonds is 3. The van der Waals surface area contributed by atoms with Gasteiger partial charge in [-0.25, -0.2) is 0 Å². The average Bonchev–Trinajstić information content (AvgIpc) is 2.04. The molecule has 68 valence electrons. The predicted octanol–water partition coefficient (Wildman–Crippen LogP) is 2.40. The summed E-state index contributed by atoms with van der Waals surface area (Å²) < 4.78 is 0. The molecule has 0 heterocycles. The summed E-state index contributed by atoms with van der Waals surface area (Å²) >= 11 is 0. The Morgan fingerprint density at radius 3 is 2.15 bits per heavy atom. The van der Waals surface area contributed by atoms with Crippen LogP contribution in [0.3, 0.4) is 0 Å². The van der Waals surface area contributed by atoms with E-state index in [0.717, 1.165) is 5.56 Å². The van der Waals surface area contributed by atoms with Crippen LogP contribution in [-0.4, -0.2) is 11.5 Å². The fourth-order valence-electron chi connectivity index (χ4n) is 1.44. The maximum Gasteiger partial charge on any atom is 0.142 e. The molecule has 0 aliphatic carbocycles. The van der Waals surface area contributed by atoms with Crippen LogP contribution in [0.25, 0.3) is 0 Å². The molecule has 2 heteroatoms. The highest BCUT2D eigenvalue weighted by atomic mass is 16.1. The van der Waals surface area contributed by atoms with Crippen LogP contribution in [0.2, 0.25) is 0 Å². The van der Waals surface area contributed by atoms with Gasteiger partial charge in [0.05, 0.1) is 5.92 Å². The van der Waals surface area contributed by atoms with E-state index in [1.165, 1.54) is 6.92 Å². The Hall–Kier alpha value is -1.44. The molecule has 0 saturated heterocycles. The third kappa shape index (κ3) is 2.25. The van der Waals surface area contributed by atoms with E-state index in [1.807, 2.05) is 30.3 Å². The SMILES string of the molecule is CC(=N)[C@@H](C(C)=O)c1ccccc1. The first-order valence-corrected chi connectivity index (χ1v) is 4.23. The molecule has 1 N–H and O–H groups in total. The zero-order valence-electron chi connectivity index (χ0n) is 7.87. The molecule has 0 amide bonds. The minimum absolute atomic E-state index is 0.0266. The fourth-order valence-corrected chi connectivity index (χ4v) is 1.44. The summed E-state index contributed by atoms with van der Waals surface area (Å²) in [6.45, 7) is 3.19. The highest BCUT2D eigenvalue weighted by Crippen LogP contribution is 2.17. The Kier molecular flexibility index (Phi) is 2.96. The Bertz CT molecular complexity index is 302. The van der Waals surface area contributed by atoms with Crippen LogP contribution in [0.15, 0.2) is 30.3 Å². The molecule has 13 heavy (non-hydrogen) atoms. The number of benzene rings is 1. The number of ketones is 1. The molecule has 0 unspecified atom stereocenters. The number of carbonyl (C=O) groups excluding carboxylic acids is 1. The van der Waals surface area contributed by atoms with E-state index in [4.69, 9.17) is 5.41 Å². The summed E-state index contributed by atoms with van der Waals surface area (Å²) in [6, 6.07) is 9.43. The lowest BCUT2D eigenvalue weighted by molar-refractivity contribution is -0.117. The van der Waals surface area contributed by atoms with Crippen LogP contribution in [-0.2, 0) is 4.79 Å². The molecule has 1 aromatic carbocycles. The summed E-state index contributed by atoms with van der Waals surface area (Å²) in [6.07, 6.45) is 0. The lowest BCUT2D eigenvalue weighted by atomic mass is 9.92. The Labute approximate surface area is 78.1 Å². The lowest BCUT2D eigenvalue weighted by Gasteiger charge is -2.11. The number of Topliss-reactive ketones (excluding diaryl/α,β-unsaturated/α-hetero) is 1. The normalized spacial score (nSPS) is 12.2. The zero-order valence-corrected chi connectivity index (χ0v) is 7.87. The van der Waals surface area contributed by atoms with E-state index in [1.54, 1.807) is 6.92 Å². The van der Waals surface area contributed by atoms with E-state index in [9.17, 15) is 4.79 Å². The molecule has 0 fully saturated rings. The smallest absolute Gasteiger partial charge is 0.142 e. The summed E-state index contributed by atoms with van der Waals surface area (Å²) in [4.78, 5) is 11.2. The molecule has 0 aliphatic rings. The van der Waals surface area contributed by atoms with Crippen LogP contribution in [0.4, 0.5) is 0 Å². The summed E-state index contributed by atoms with van der Waals surface area (Å²) in [5.74, 6) is -0.333. The average molecular weight is 175 g/mol. The molecule has 0 spiro atoms. The first-order valence-electron chi connectivity index (χ1n) is 4.23. The van der Waals surface area contributed by atoms with Gasteiger partial charge in [-0.2, -0.15) is 0 Å². The maximum atomic E-state index is 11.2. The third-order valence-corrected chi connectivity index (χ3v) is 1.97. The van der Waals surface area contributed by atoms with Crippen LogP contribution >= 0.6 is 0 Å². The maximum absolute atomic E-state index is 11.2. The van der Waals surface area contributed by atoms with Gasteiger partial charge in [0.1, 0.15) is 5.78 Å². The number of hydrogen-bond acceptors (Lipinski definition) is 2. The van der Waals surface area contributed by atoms with E-state index in [-0.39, 0.29) is 11.7 Å². The van der Waals surface area contributed by atoms with Gasteiger partial charge in [0.15, 0.2) is 0 Å². The number of nitrogens with one attached hydrogen (secondary N) is 1. The van der Waals surface area contributed by atoms with Crippen molar-refractivity contribution in [3.8, 4) is 0 Å². The number of hydrogen-bond donors (Lipinski definition) is 1. The minimum Gasteiger partial charge on any atom is -0.309 e. The van der Waals surface area contributed by atoms with Crippen LogP contribution in [0, 0.1) is 5.41 Å². The topological polar surface area (TPSA) is 40.9 Å². The molecule has 1 aromatic rings. The molecule has 0 radical (unpaired) electrons. The minimum atomic E-state index is -0.360. The molecule has 0 bridgehead atoms. The molecule has 0 aliphatic heterocycles. The van der Waals surface area contributed by atoms with Crippen LogP contribution in [0.5, 0.6) is 0 Å². The highest BCUT2D eigenvalue weighted by molar-refractivity contribution is 6.06. The molecule has 1 atom stereocenters. The van der Waals surface area contributed by atoms with E-state index in [2.05, 4.69) is 0 Å². The van der Waals surface area contributed by atoms with Gasteiger partial charge in [-0.1, -0.05) is 30.3 Å². The third-order valence-electron chi connectivity index (χ3n) is 1.97. The van der Waals surface area contributed by atoms with Crippen molar-refractivity contribution in [2.45, 2.75) is 19.8 Å². The van der Waals surface area contributed by atoms with Crippen molar-refractivity contribution >= 4 is 11.5 Å².